The van der Waals surface area contributed by atoms with Crippen LogP contribution in [0.5, 0.6) is 0 Å². The lowest BCUT2D eigenvalue weighted by atomic mass is 9.97. The van der Waals surface area contributed by atoms with Crippen LogP contribution < -0.4 is 11.5 Å². The first kappa shape index (κ1) is 30.8. The van der Waals surface area contributed by atoms with Gasteiger partial charge in [0.15, 0.2) is 0 Å². The number of nitrogens with two attached hydrogens (primary N) is 1. The number of carbonyl (C=O) groups excluding carboxylic acids is 4. The number of ketones is 1. The molecule has 1 aliphatic rings. The van der Waals surface area contributed by atoms with E-state index in [1.807, 2.05) is 0 Å². The lowest BCUT2D eigenvalue weighted by Gasteiger charge is -2.40. The molecule has 2 heterocycles. The Morgan fingerprint density at radius 1 is 1.20 bits per heavy atom. The summed E-state index contributed by atoms with van der Waals surface area (Å²) in [5.41, 5.74) is 6.75. The molecular formula is C27H37FN5O7+. The minimum atomic E-state index is -1.54. The maximum absolute atomic E-state index is 14.3. The molecule has 1 unspecified atom stereocenters. The third-order valence-corrected chi connectivity index (χ3v) is 7.52. The third kappa shape index (κ3) is 5.35. The Labute approximate surface area is 231 Å². The molecule has 12 nitrogen and oxygen atoms in total. The zero-order valence-electron chi connectivity index (χ0n) is 23.8. The van der Waals surface area contributed by atoms with Crippen LogP contribution in [0.15, 0.2) is 27.4 Å². The number of quaternary nitrogens is 1. The van der Waals surface area contributed by atoms with E-state index in [0.717, 1.165) is 17.9 Å². The second-order valence-corrected chi connectivity index (χ2v) is 10.9. The van der Waals surface area contributed by atoms with Crippen molar-refractivity contribution in [1.82, 2.24) is 14.7 Å². The number of nitrogens with zero attached hydrogens (tertiary/aromatic N) is 4. The van der Waals surface area contributed by atoms with Gasteiger partial charge in [0.25, 0.3) is 5.89 Å². The number of benzene rings is 1. The van der Waals surface area contributed by atoms with Gasteiger partial charge >= 0.3 is 23.8 Å². The Balaban J connectivity index is 2.13. The third-order valence-electron chi connectivity index (χ3n) is 7.52. The number of amides is 4. The summed E-state index contributed by atoms with van der Waals surface area (Å²) in [7, 11) is 1.05. The van der Waals surface area contributed by atoms with Crippen molar-refractivity contribution in [3.8, 4) is 5.69 Å². The monoisotopic (exact) mass is 562 g/mol. The van der Waals surface area contributed by atoms with E-state index in [0.29, 0.717) is 23.3 Å². The van der Waals surface area contributed by atoms with Crippen LogP contribution in [0.3, 0.4) is 0 Å². The lowest BCUT2D eigenvalue weighted by molar-refractivity contribution is -0.788. The van der Waals surface area contributed by atoms with Gasteiger partial charge in [-0.2, -0.15) is 14.1 Å². The van der Waals surface area contributed by atoms with E-state index < -0.39 is 69.8 Å². The standard InChI is InChI=1S/C27H37FN5O7/c1-14(2)20(29)24(35)33(12-8-9-17(33)6)25(36)31(26(37)39-7)21(15(3)4)22(34)23-30-32(27(38)40-23)19-11-10-18(28)13-16(19)5/h10-11,13-15,17,20-21H,8-9,12,29H2,1-7H3/q+1/t17-,20+,21+,33?/m1/s1. The van der Waals surface area contributed by atoms with Gasteiger partial charge < -0.3 is 14.9 Å². The summed E-state index contributed by atoms with van der Waals surface area (Å²) in [5.74, 6) is -4.71. The zero-order chi connectivity index (χ0) is 30.1. The van der Waals surface area contributed by atoms with E-state index in [1.54, 1.807) is 41.5 Å². The second kappa shape index (κ2) is 11.8. The van der Waals surface area contributed by atoms with E-state index >= 15 is 0 Å². The minimum Gasteiger partial charge on any atom is -0.452 e. The number of urea groups is 1. The van der Waals surface area contributed by atoms with Crippen molar-refractivity contribution < 1.29 is 37.2 Å². The molecule has 1 aromatic carbocycles. The van der Waals surface area contributed by atoms with E-state index in [4.69, 9.17) is 14.9 Å². The van der Waals surface area contributed by atoms with E-state index in [1.165, 1.54) is 12.1 Å². The zero-order valence-corrected chi connectivity index (χ0v) is 23.8. The van der Waals surface area contributed by atoms with Gasteiger partial charge in [-0.25, -0.2) is 23.6 Å². The number of aromatic nitrogens is 2. The number of likely N-dealkylation sites (tertiary alicyclic amines) is 1. The molecule has 1 aromatic heterocycles. The van der Waals surface area contributed by atoms with Crippen LogP contribution in [0.25, 0.3) is 5.69 Å². The van der Waals surface area contributed by atoms with Gasteiger partial charge in [-0.1, -0.05) is 27.7 Å². The van der Waals surface area contributed by atoms with E-state index in [-0.39, 0.29) is 18.2 Å². The average molecular weight is 563 g/mol. The van der Waals surface area contributed by atoms with Crippen molar-refractivity contribution in [3.05, 3.63) is 46.0 Å². The topological polar surface area (TPSA) is 155 Å². The number of Topliss-reactive ketones (excluding diaryl/α,β-unsaturated/α-hetero) is 1. The predicted octanol–water partition coefficient (Wildman–Crippen LogP) is 3.18. The largest absolute Gasteiger partial charge is 0.452 e. The van der Waals surface area contributed by atoms with Gasteiger partial charge in [0.05, 0.1) is 19.3 Å². The molecule has 1 saturated heterocycles. The van der Waals surface area contributed by atoms with E-state index in [2.05, 4.69) is 5.10 Å². The molecule has 4 atom stereocenters. The van der Waals surface area contributed by atoms with Crippen molar-refractivity contribution >= 4 is 23.8 Å². The first-order chi connectivity index (χ1) is 18.7. The van der Waals surface area contributed by atoms with Gasteiger partial charge in [0, 0.05) is 12.8 Å². The van der Waals surface area contributed by atoms with Crippen molar-refractivity contribution in [2.45, 2.75) is 72.5 Å². The first-order valence-electron chi connectivity index (χ1n) is 13.2. The molecule has 1 fully saturated rings. The summed E-state index contributed by atoms with van der Waals surface area (Å²) in [4.78, 5) is 68.3. The fraction of sp³-hybridized carbons (Fsp3) is 0.556. The maximum atomic E-state index is 14.3. The number of hydrogen-bond donors (Lipinski definition) is 1. The first-order valence-corrected chi connectivity index (χ1v) is 13.2. The summed E-state index contributed by atoms with van der Waals surface area (Å²) >= 11 is 0. The Bertz CT molecular complexity index is 1370. The van der Waals surface area contributed by atoms with Crippen molar-refractivity contribution in [2.24, 2.45) is 17.6 Å². The van der Waals surface area contributed by atoms with Crippen LogP contribution in [0, 0.1) is 24.6 Å². The van der Waals surface area contributed by atoms with Gasteiger partial charge in [-0.05, 0) is 49.4 Å². The number of carbonyl (C=O) groups is 4. The van der Waals surface area contributed by atoms with Crippen molar-refractivity contribution in [1.29, 1.82) is 0 Å². The normalized spacial score (nSPS) is 20.4. The Morgan fingerprint density at radius 3 is 2.35 bits per heavy atom. The second-order valence-electron chi connectivity index (χ2n) is 10.9. The summed E-state index contributed by atoms with van der Waals surface area (Å²) in [5, 5.41) is 4.00. The number of halogens is 1. The van der Waals surface area contributed by atoms with Gasteiger partial charge in [-0.15, -0.1) is 5.10 Å². The molecule has 0 saturated carbocycles. The minimum absolute atomic E-state index is 0.0965. The maximum Gasteiger partial charge on any atom is 0.442 e. The summed E-state index contributed by atoms with van der Waals surface area (Å²) < 4.78 is 23.7. The van der Waals surface area contributed by atoms with Crippen LogP contribution in [-0.4, -0.2) is 74.8 Å². The SMILES string of the molecule is COC(=O)N(C(=O)[N+]1(C(=O)[C@@H](N)C(C)C)CCC[C@H]1C)[C@H](C(=O)c1nn(-c2ccc(F)cc2C)c(=O)o1)C(C)C. The molecule has 2 N–H and O–H groups in total. The summed E-state index contributed by atoms with van der Waals surface area (Å²) in [6, 6.07) is -0.375. The molecular weight excluding hydrogens is 525 g/mol. The Hall–Kier alpha value is -3.71. The molecule has 0 aliphatic carbocycles. The van der Waals surface area contributed by atoms with E-state index in [9.17, 15) is 28.4 Å². The number of methoxy groups -OCH3 is 1. The molecule has 13 heteroatoms. The van der Waals surface area contributed by atoms with Crippen molar-refractivity contribution in [3.63, 3.8) is 0 Å². The molecule has 40 heavy (non-hydrogen) atoms. The average Bonchev–Trinajstić information content (AvgIpc) is 3.47. The van der Waals surface area contributed by atoms with Crippen LogP contribution in [0.2, 0.25) is 0 Å². The van der Waals surface area contributed by atoms with Crippen LogP contribution in [0.1, 0.15) is 63.7 Å². The summed E-state index contributed by atoms with van der Waals surface area (Å²) in [6.07, 6.45) is -0.112. The molecule has 0 spiro atoms. The van der Waals surface area contributed by atoms with Gasteiger partial charge in [0.2, 0.25) is 5.78 Å². The fourth-order valence-corrected chi connectivity index (χ4v) is 5.17. The Morgan fingerprint density at radius 2 is 1.85 bits per heavy atom. The van der Waals surface area contributed by atoms with Crippen LogP contribution in [0.4, 0.5) is 14.0 Å². The molecule has 2 aromatic rings. The highest BCUT2D eigenvalue weighted by Crippen LogP contribution is 2.33. The highest BCUT2D eigenvalue weighted by molar-refractivity contribution is 6.03. The predicted molar refractivity (Wildman–Crippen MR) is 141 cm³/mol. The molecule has 0 bridgehead atoms. The molecule has 218 valence electrons. The fourth-order valence-electron chi connectivity index (χ4n) is 5.17. The summed E-state index contributed by atoms with van der Waals surface area (Å²) in [6.45, 7) is 10.1. The van der Waals surface area contributed by atoms with Gasteiger partial charge in [-0.3, -0.25) is 4.79 Å². The quantitative estimate of drug-likeness (QED) is 0.396. The highest BCUT2D eigenvalue weighted by atomic mass is 19.1. The molecule has 0 radical (unpaired) electrons. The molecule has 3 rings (SSSR count). The Kier molecular flexibility index (Phi) is 9.10. The lowest BCUT2D eigenvalue weighted by Crippen LogP contribution is -2.70. The number of ether oxygens (including phenoxy) is 1. The number of rotatable bonds is 7. The smallest absolute Gasteiger partial charge is 0.442 e. The van der Waals surface area contributed by atoms with Gasteiger partial charge in [0.1, 0.15) is 23.9 Å². The van der Waals surface area contributed by atoms with Crippen LogP contribution in [-0.2, 0) is 9.53 Å². The number of aryl methyl sites for hydroxylation is 1. The van der Waals surface area contributed by atoms with Crippen molar-refractivity contribution in [2.75, 3.05) is 13.7 Å². The highest BCUT2D eigenvalue weighted by Gasteiger charge is 2.59. The number of hydrogen-bond acceptors (Lipinski definition) is 9. The number of imide groups is 2. The van der Waals surface area contributed by atoms with Crippen LogP contribution >= 0.6 is 0 Å². The molecule has 4 amide bonds. The molecule has 1 aliphatic heterocycles.